The second-order valence-electron chi connectivity index (χ2n) is 8.28. The van der Waals surface area contributed by atoms with Gasteiger partial charge in [-0.25, -0.2) is 9.78 Å². The Hall–Kier alpha value is -2.00. The number of rotatable bonds is 5. The number of hydrogen-bond acceptors (Lipinski definition) is 8. The van der Waals surface area contributed by atoms with Crippen LogP contribution >= 0.6 is 0 Å². The van der Waals surface area contributed by atoms with Crippen molar-refractivity contribution in [3.63, 3.8) is 0 Å². The highest BCUT2D eigenvalue weighted by molar-refractivity contribution is 5.85. The lowest BCUT2D eigenvalue weighted by Gasteiger charge is -2.39. The zero-order valence-electron chi connectivity index (χ0n) is 16.7. The number of nitrogens with one attached hydrogen (secondary N) is 1. The predicted molar refractivity (Wildman–Crippen MR) is 101 cm³/mol. The van der Waals surface area contributed by atoms with Gasteiger partial charge in [-0.05, 0) is 46.2 Å². The number of aromatic nitrogens is 2. The first-order chi connectivity index (χ1) is 13.4. The highest BCUT2D eigenvalue weighted by Gasteiger charge is 2.48. The molecule has 2 aliphatic heterocycles. The molecule has 0 radical (unpaired) electrons. The van der Waals surface area contributed by atoms with Crippen LogP contribution in [0.3, 0.4) is 0 Å². The fraction of sp³-hybridized carbons (Fsp3) is 0.737. The van der Waals surface area contributed by atoms with Crippen LogP contribution in [0.15, 0.2) is 0 Å². The zero-order valence-corrected chi connectivity index (χ0v) is 16.7. The van der Waals surface area contributed by atoms with Crippen molar-refractivity contribution in [1.29, 1.82) is 0 Å². The van der Waals surface area contributed by atoms with E-state index in [0.29, 0.717) is 19.7 Å². The van der Waals surface area contributed by atoms with Crippen LogP contribution in [0.25, 0.3) is 0 Å². The molecule has 154 valence electrons. The van der Waals surface area contributed by atoms with E-state index in [2.05, 4.69) is 27.1 Å². The summed E-state index contributed by atoms with van der Waals surface area (Å²) in [5.74, 6) is -1.55. The fourth-order valence-electron chi connectivity index (χ4n) is 4.26. The maximum atomic E-state index is 15.3. The van der Waals surface area contributed by atoms with E-state index in [4.69, 9.17) is 9.47 Å². The normalized spacial score (nSPS) is 26.5. The van der Waals surface area contributed by atoms with Gasteiger partial charge in [-0.1, -0.05) is 0 Å². The minimum Gasteiger partial charge on any atom is -0.474 e. The lowest BCUT2D eigenvalue weighted by molar-refractivity contribution is 0.0584. The van der Waals surface area contributed by atoms with Crippen molar-refractivity contribution in [3.8, 4) is 5.88 Å². The van der Waals surface area contributed by atoms with Gasteiger partial charge in [0.05, 0.1) is 7.11 Å². The first-order valence-electron chi connectivity index (χ1n) is 9.92. The summed E-state index contributed by atoms with van der Waals surface area (Å²) in [6, 6.07) is 0.414. The number of likely N-dealkylation sites (N-methyl/N-ethyl adjacent to an activating group) is 1. The second-order valence-corrected chi connectivity index (χ2v) is 8.28. The molecule has 9 heteroatoms. The molecule has 0 unspecified atom stereocenters. The number of likely N-dealkylation sites (tertiary alicyclic amines) is 1. The topological polar surface area (TPSA) is 79.8 Å². The van der Waals surface area contributed by atoms with Crippen molar-refractivity contribution in [3.05, 3.63) is 11.6 Å². The lowest BCUT2D eigenvalue weighted by Crippen LogP contribution is -2.57. The van der Waals surface area contributed by atoms with E-state index in [1.807, 2.05) is 11.9 Å². The van der Waals surface area contributed by atoms with Crippen LogP contribution in [0.2, 0.25) is 0 Å². The molecule has 2 atom stereocenters. The van der Waals surface area contributed by atoms with Crippen molar-refractivity contribution >= 4 is 11.8 Å². The van der Waals surface area contributed by atoms with Gasteiger partial charge in [0.1, 0.15) is 6.61 Å². The van der Waals surface area contributed by atoms with Crippen LogP contribution in [0, 0.1) is 5.82 Å². The molecule has 3 heterocycles. The van der Waals surface area contributed by atoms with E-state index in [1.54, 1.807) is 0 Å². The summed E-state index contributed by atoms with van der Waals surface area (Å²) in [5.41, 5.74) is 0.0219. The summed E-state index contributed by atoms with van der Waals surface area (Å²) in [5, 5.41) is 3.58. The van der Waals surface area contributed by atoms with E-state index < -0.39 is 11.8 Å². The molecular weight excluding hydrogens is 365 g/mol. The molecule has 1 spiro atoms. The number of methoxy groups -OCH3 is 1. The number of nitrogens with zero attached hydrogens (tertiary/aromatic N) is 4. The number of piperazine rings is 1. The van der Waals surface area contributed by atoms with Crippen molar-refractivity contribution in [2.24, 2.45) is 0 Å². The Bertz CT molecular complexity index is 757. The summed E-state index contributed by atoms with van der Waals surface area (Å²) >= 11 is 0. The van der Waals surface area contributed by atoms with Crippen LogP contribution in [-0.2, 0) is 4.74 Å². The van der Waals surface area contributed by atoms with Crippen molar-refractivity contribution in [2.75, 3.05) is 45.3 Å². The average Bonchev–Trinajstić information content (AvgIpc) is 3.27. The third kappa shape index (κ3) is 3.77. The van der Waals surface area contributed by atoms with Gasteiger partial charge in [0, 0.05) is 30.7 Å². The van der Waals surface area contributed by atoms with Gasteiger partial charge in [-0.3, -0.25) is 0 Å². The van der Waals surface area contributed by atoms with Gasteiger partial charge in [0.15, 0.2) is 5.82 Å². The molecule has 4 rings (SSSR count). The Balaban J connectivity index is 1.62. The van der Waals surface area contributed by atoms with Gasteiger partial charge in [0.2, 0.25) is 11.6 Å². The monoisotopic (exact) mass is 393 g/mol. The summed E-state index contributed by atoms with van der Waals surface area (Å²) < 4.78 is 25.8. The van der Waals surface area contributed by atoms with E-state index in [-0.39, 0.29) is 35.1 Å². The standard InChI is InChI=1S/C19H28FN5O3/c1-12-9-25(11-19(23-12)6-7-19)16-14(20)17(22-15(21-16)18(26)27-3)28-10-13-5-4-8-24(13)2/h12-13,23H,4-11H2,1-3H3/t12-,13-/m0/s1. The Kier molecular flexibility index (Phi) is 5.13. The lowest BCUT2D eigenvalue weighted by atomic mass is 10.1. The third-order valence-electron chi connectivity index (χ3n) is 5.95. The third-order valence-corrected chi connectivity index (χ3v) is 5.95. The molecule has 28 heavy (non-hydrogen) atoms. The van der Waals surface area contributed by atoms with E-state index in [1.165, 1.54) is 7.11 Å². The first-order valence-corrected chi connectivity index (χ1v) is 9.92. The minimum atomic E-state index is -0.701. The molecule has 8 nitrogen and oxygen atoms in total. The van der Waals surface area contributed by atoms with Crippen LogP contribution in [0.1, 0.15) is 43.2 Å². The highest BCUT2D eigenvalue weighted by atomic mass is 19.1. The van der Waals surface area contributed by atoms with Crippen LogP contribution in [0.4, 0.5) is 10.2 Å². The first kappa shape index (κ1) is 19.3. The van der Waals surface area contributed by atoms with Gasteiger partial charge in [-0.15, -0.1) is 0 Å². The number of halogens is 1. The van der Waals surface area contributed by atoms with Gasteiger partial charge in [0.25, 0.3) is 5.88 Å². The molecule has 0 aromatic carbocycles. The summed E-state index contributed by atoms with van der Waals surface area (Å²) in [6.07, 6.45) is 4.21. The van der Waals surface area contributed by atoms with Crippen LogP contribution in [0.5, 0.6) is 5.88 Å². The highest BCUT2D eigenvalue weighted by Crippen LogP contribution is 2.40. The molecule has 1 N–H and O–H groups in total. The average molecular weight is 393 g/mol. The Morgan fingerprint density at radius 1 is 1.39 bits per heavy atom. The molecule has 1 aromatic heterocycles. The molecule has 1 aliphatic carbocycles. The second kappa shape index (κ2) is 7.44. The van der Waals surface area contributed by atoms with E-state index in [9.17, 15) is 4.79 Å². The van der Waals surface area contributed by atoms with Crippen LogP contribution in [-0.4, -0.2) is 78.9 Å². The quantitative estimate of drug-likeness (QED) is 0.748. The maximum absolute atomic E-state index is 15.3. The van der Waals surface area contributed by atoms with Crippen molar-refractivity contribution in [1.82, 2.24) is 20.2 Å². The molecular formula is C19H28FN5O3. The number of hydrogen-bond donors (Lipinski definition) is 1. The molecule has 0 bridgehead atoms. The van der Waals surface area contributed by atoms with E-state index in [0.717, 1.165) is 32.2 Å². The van der Waals surface area contributed by atoms with Crippen molar-refractivity contribution < 1.29 is 18.7 Å². The molecule has 1 saturated carbocycles. The maximum Gasteiger partial charge on any atom is 0.376 e. The smallest absolute Gasteiger partial charge is 0.376 e. The summed E-state index contributed by atoms with van der Waals surface area (Å²) in [7, 11) is 3.29. The largest absolute Gasteiger partial charge is 0.474 e. The molecule has 3 fully saturated rings. The molecule has 2 saturated heterocycles. The van der Waals surface area contributed by atoms with Gasteiger partial charge < -0.3 is 24.6 Å². The fourth-order valence-corrected chi connectivity index (χ4v) is 4.26. The van der Waals surface area contributed by atoms with Gasteiger partial charge in [-0.2, -0.15) is 9.37 Å². The summed E-state index contributed by atoms with van der Waals surface area (Å²) in [4.78, 5) is 24.4. The molecule has 0 amide bonds. The number of esters is 1. The predicted octanol–water partition coefficient (Wildman–Crippen LogP) is 1.21. The number of anilines is 1. The Labute approximate surface area is 164 Å². The Morgan fingerprint density at radius 2 is 2.18 bits per heavy atom. The number of ether oxygens (including phenoxy) is 2. The minimum absolute atomic E-state index is 0.0219. The van der Waals surface area contributed by atoms with E-state index >= 15 is 4.39 Å². The number of carbonyl (C=O) groups is 1. The van der Waals surface area contributed by atoms with Crippen LogP contribution < -0.4 is 15.0 Å². The summed E-state index contributed by atoms with van der Waals surface area (Å²) in [6.45, 7) is 4.64. The van der Waals surface area contributed by atoms with Gasteiger partial charge >= 0.3 is 5.97 Å². The number of carbonyl (C=O) groups excluding carboxylic acids is 1. The zero-order chi connectivity index (χ0) is 19.9. The molecule has 3 aliphatic rings. The van der Waals surface area contributed by atoms with Crippen molar-refractivity contribution in [2.45, 2.75) is 50.2 Å². The Morgan fingerprint density at radius 3 is 2.82 bits per heavy atom. The SMILES string of the molecule is COC(=O)c1nc(OC[C@@H]2CCCN2C)c(F)c(N2C[C@H](C)NC3(CC3)C2)n1. The molecule has 1 aromatic rings.